The Hall–Kier alpha value is -2.56. The molecular formula is C16H15NO4. The SMILES string of the molecule is Cc1ccc(NC(=O)c2cc3c(o2)CCCC3=O)c(O)c1. The first kappa shape index (κ1) is 13.4. The predicted molar refractivity (Wildman–Crippen MR) is 76.8 cm³/mol. The number of carbonyl (C=O) groups excluding carboxylic acids is 2. The van der Waals surface area contributed by atoms with E-state index in [0.717, 1.165) is 12.0 Å². The number of furan rings is 1. The van der Waals surface area contributed by atoms with Gasteiger partial charge < -0.3 is 14.8 Å². The third-order valence-electron chi connectivity index (χ3n) is 3.54. The van der Waals surface area contributed by atoms with Crippen LogP contribution in [-0.2, 0) is 6.42 Å². The number of hydrogen-bond acceptors (Lipinski definition) is 4. The Morgan fingerprint density at radius 1 is 1.29 bits per heavy atom. The second kappa shape index (κ2) is 5.09. The molecule has 2 aromatic rings. The average molecular weight is 285 g/mol. The van der Waals surface area contributed by atoms with Crippen molar-refractivity contribution in [1.82, 2.24) is 0 Å². The normalized spacial score (nSPS) is 13.9. The van der Waals surface area contributed by atoms with Crippen molar-refractivity contribution in [2.24, 2.45) is 0 Å². The van der Waals surface area contributed by atoms with Gasteiger partial charge in [0.1, 0.15) is 11.5 Å². The van der Waals surface area contributed by atoms with Crippen LogP contribution in [0.4, 0.5) is 5.69 Å². The summed E-state index contributed by atoms with van der Waals surface area (Å²) in [5.74, 6) is 0.198. The first-order valence-electron chi connectivity index (χ1n) is 6.81. The molecule has 108 valence electrons. The standard InChI is InChI=1S/C16H15NO4/c1-9-5-6-11(13(19)7-9)17-16(20)15-8-10-12(18)3-2-4-14(10)21-15/h5-8,19H,2-4H2,1H3,(H,17,20). The molecule has 0 radical (unpaired) electrons. The van der Waals surface area contributed by atoms with Gasteiger partial charge in [-0.05, 0) is 31.0 Å². The van der Waals surface area contributed by atoms with Gasteiger partial charge in [0.05, 0.1) is 11.3 Å². The fourth-order valence-corrected chi connectivity index (χ4v) is 2.44. The van der Waals surface area contributed by atoms with E-state index in [1.807, 2.05) is 6.92 Å². The highest BCUT2D eigenvalue weighted by Gasteiger charge is 2.24. The maximum atomic E-state index is 12.1. The van der Waals surface area contributed by atoms with E-state index < -0.39 is 5.91 Å². The van der Waals surface area contributed by atoms with Gasteiger partial charge in [-0.1, -0.05) is 6.07 Å². The Bertz CT molecular complexity index is 730. The van der Waals surface area contributed by atoms with Crippen LogP contribution in [0.2, 0.25) is 0 Å². The molecule has 5 nitrogen and oxygen atoms in total. The Morgan fingerprint density at radius 2 is 2.10 bits per heavy atom. The zero-order valence-electron chi connectivity index (χ0n) is 11.6. The van der Waals surface area contributed by atoms with Crippen LogP contribution in [0.15, 0.2) is 28.7 Å². The zero-order chi connectivity index (χ0) is 15.0. The van der Waals surface area contributed by atoms with Crippen LogP contribution in [0.3, 0.4) is 0 Å². The van der Waals surface area contributed by atoms with Crippen LogP contribution in [0.25, 0.3) is 0 Å². The molecular weight excluding hydrogens is 270 g/mol. The first-order chi connectivity index (χ1) is 10.0. The summed E-state index contributed by atoms with van der Waals surface area (Å²) in [6, 6.07) is 6.45. The minimum atomic E-state index is -0.476. The number of carbonyl (C=O) groups is 2. The van der Waals surface area contributed by atoms with Crippen LogP contribution in [0, 0.1) is 6.92 Å². The molecule has 0 bridgehead atoms. The lowest BCUT2D eigenvalue weighted by Crippen LogP contribution is -2.11. The van der Waals surface area contributed by atoms with Gasteiger partial charge in [-0.2, -0.15) is 0 Å². The van der Waals surface area contributed by atoms with E-state index in [-0.39, 0.29) is 17.3 Å². The van der Waals surface area contributed by atoms with Crippen LogP contribution < -0.4 is 5.32 Å². The maximum absolute atomic E-state index is 12.1. The van der Waals surface area contributed by atoms with Crippen LogP contribution in [0.1, 0.15) is 45.1 Å². The molecule has 0 saturated heterocycles. The summed E-state index contributed by atoms with van der Waals surface area (Å²) in [4.78, 5) is 23.9. The van der Waals surface area contributed by atoms with E-state index in [1.165, 1.54) is 6.07 Å². The monoisotopic (exact) mass is 285 g/mol. The van der Waals surface area contributed by atoms with Gasteiger partial charge in [-0.3, -0.25) is 9.59 Å². The van der Waals surface area contributed by atoms with Crippen LogP contribution in [-0.4, -0.2) is 16.8 Å². The minimum absolute atomic E-state index is 0.00394. The van der Waals surface area contributed by atoms with E-state index in [4.69, 9.17) is 4.42 Å². The Balaban J connectivity index is 1.84. The Kier molecular flexibility index (Phi) is 3.25. The predicted octanol–water partition coefficient (Wildman–Crippen LogP) is 3.06. The second-order valence-electron chi connectivity index (χ2n) is 5.20. The number of amides is 1. The Morgan fingerprint density at radius 3 is 2.81 bits per heavy atom. The molecule has 21 heavy (non-hydrogen) atoms. The molecule has 2 N–H and O–H groups in total. The summed E-state index contributed by atoms with van der Waals surface area (Å²) in [6.45, 7) is 1.84. The minimum Gasteiger partial charge on any atom is -0.506 e. The lowest BCUT2D eigenvalue weighted by molar-refractivity contribution is 0.0963. The lowest BCUT2D eigenvalue weighted by Gasteiger charge is -2.07. The number of benzene rings is 1. The zero-order valence-corrected chi connectivity index (χ0v) is 11.6. The summed E-state index contributed by atoms with van der Waals surface area (Å²) in [6.07, 6.45) is 1.91. The topological polar surface area (TPSA) is 79.5 Å². The molecule has 5 heteroatoms. The highest BCUT2D eigenvalue weighted by molar-refractivity contribution is 6.06. The van der Waals surface area contributed by atoms with Gasteiger partial charge in [0.25, 0.3) is 5.91 Å². The quantitative estimate of drug-likeness (QED) is 0.831. The molecule has 1 aliphatic carbocycles. The molecule has 1 aliphatic rings. The van der Waals surface area contributed by atoms with Crippen LogP contribution >= 0.6 is 0 Å². The lowest BCUT2D eigenvalue weighted by atomic mass is 9.97. The largest absolute Gasteiger partial charge is 0.506 e. The molecule has 0 unspecified atom stereocenters. The first-order valence-corrected chi connectivity index (χ1v) is 6.81. The molecule has 1 aromatic carbocycles. The van der Waals surface area contributed by atoms with E-state index in [2.05, 4.69) is 5.32 Å². The van der Waals surface area contributed by atoms with Crippen molar-refractivity contribution < 1.29 is 19.1 Å². The van der Waals surface area contributed by atoms with Gasteiger partial charge in [0.2, 0.25) is 0 Å². The average Bonchev–Trinajstić information content (AvgIpc) is 2.87. The molecule has 1 heterocycles. The van der Waals surface area contributed by atoms with Crippen molar-refractivity contribution >= 4 is 17.4 Å². The van der Waals surface area contributed by atoms with E-state index >= 15 is 0 Å². The number of aryl methyl sites for hydroxylation is 2. The van der Waals surface area contributed by atoms with Crippen molar-refractivity contribution in [3.8, 4) is 5.75 Å². The molecule has 0 spiro atoms. The van der Waals surface area contributed by atoms with E-state index in [0.29, 0.717) is 29.9 Å². The highest BCUT2D eigenvalue weighted by Crippen LogP contribution is 2.27. The van der Waals surface area contributed by atoms with Gasteiger partial charge >= 0.3 is 0 Å². The number of Topliss-reactive ketones (excluding diaryl/α,β-unsaturated/α-hetero) is 1. The van der Waals surface area contributed by atoms with Crippen LogP contribution in [0.5, 0.6) is 5.75 Å². The second-order valence-corrected chi connectivity index (χ2v) is 5.20. The summed E-state index contributed by atoms with van der Waals surface area (Å²) < 4.78 is 5.46. The number of fused-ring (bicyclic) bond motifs is 1. The third-order valence-corrected chi connectivity index (χ3v) is 3.54. The van der Waals surface area contributed by atoms with Crippen molar-refractivity contribution in [2.75, 3.05) is 5.32 Å². The number of aromatic hydroxyl groups is 1. The summed E-state index contributed by atoms with van der Waals surface area (Å²) >= 11 is 0. The van der Waals surface area contributed by atoms with E-state index in [9.17, 15) is 14.7 Å². The number of nitrogens with one attached hydrogen (secondary N) is 1. The molecule has 1 aromatic heterocycles. The number of phenolic OH excluding ortho intramolecular Hbond substituents is 1. The summed E-state index contributed by atoms with van der Waals surface area (Å²) in [5, 5.41) is 12.4. The van der Waals surface area contributed by atoms with Gasteiger partial charge in [-0.15, -0.1) is 0 Å². The van der Waals surface area contributed by atoms with Crippen molar-refractivity contribution in [1.29, 1.82) is 0 Å². The highest BCUT2D eigenvalue weighted by atomic mass is 16.4. The fourth-order valence-electron chi connectivity index (χ4n) is 2.44. The van der Waals surface area contributed by atoms with Crippen molar-refractivity contribution in [2.45, 2.75) is 26.2 Å². The number of anilines is 1. The molecule has 0 aliphatic heterocycles. The summed E-state index contributed by atoms with van der Waals surface area (Å²) in [5.41, 5.74) is 1.70. The van der Waals surface area contributed by atoms with Crippen molar-refractivity contribution in [3.63, 3.8) is 0 Å². The molecule has 0 saturated carbocycles. The number of rotatable bonds is 2. The number of ketones is 1. The van der Waals surface area contributed by atoms with Gasteiger partial charge in [0, 0.05) is 18.9 Å². The van der Waals surface area contributed by atoms with Gasteiger partial charge in [0.15, 0.2) is 11.5 Å². The third kappa shape index (κ3) is 2.54. The van der Waals surface area contributed by atoms with Gasteiger partial charge in [-0.25, -0.2) is 0 Å². The van der Waals surface area contributed by atoms with E-state index in [1.54, 1.807) is 18.2 Å². The maximum Gasteiger partial charge on any atom is 0.291 e. The smallest absolute Gasteiger partial charge is 0.291 e. The molecule has 0 fully saturated rings. The summed E-state index contributed by atoms with van der Waals surface area (Å²) in [7, 11) is 0. The number of phenols is 1. The molecule has 0 atom stereocenters. The number of hydrogen-bond donors (Lipinski definition) is 2. The Labute approximate surface area is 121 Å². The fraction of sp³-hybridized carbons (Fsp3) is 0.250. The molecule has 1 amide bonds. The van der Waals surface area contributed by atoms with Crippen molar-refractivity contribution in [3.05, 3.63) is 46.9 Å². The molecule has 3 rings (SSSR count).